The lowest BCUT2D eigenvalue weighted by atomic mass is 10.1. The third-order valence-corrected chi connectivity index (χ3v) is 5.80. The number of carbonyl (C=O) groups excluding carboxylic acids is 1. The smallest absolute Gasteiger partial charge is 0.251 e. The molecule has 0 radical (unpaired) electrons. The van der Waals surface area contributed by atoms with Gasteiger partial charge in [-0.1, -0.05) is 23.7 Å². The zero-order valence-electron chi connectivity index (χ0n) is 14.4. The van der Waals surface area contributed by atoms with Crippen LogP contribution in [0.4, 0.5) is 0 Å². The standard InChI is InChI=1S/C18H21ClN2O3S/c1-12-9-15(11-17(13(12)2)25(23,24)20-3)18(22)21-8-7-14-5-4-6-16(19)10-14/h4-6,9-11,20H,7-8H2,1-3H3,(H,21,22). The topological polar surface area (TPSA) is 75.3 Å². The molecular formula is C18H21ClN2O3S. The third kappa shape index (κ3) is 4.81. The van der Waals surface area contributed by atoms with Gasteiger partial charge in [0.2, 0.25) is 10.0 Å². The van der Waals surface area contributed by atoms with Gasteiger partial charge in [-0.2, -0.15) is 0 Å². The SMILES string of the molecule is CNS(=O)(=O)c1cc(C(=O)NCCc2cccc(Cl)c2)cc(C)c1C. The van der Waals surface area contributed by atoms with Gasteiger partial charge >= 0.3 is 0 Å². The van der Waals surface area contributed by atoms with Gasteiger partial charge in [-0.25, -0.2) is 13.1 Å². The van der Waals surface area contributed by atoms with Crippen molar-refractivity contribution in [3.8, 4) is 0 Å². The van der Waals surface area contributed by atoms with Crippen LogP contribution in [0.5, 0.6) is 0 Å². The summed E-state index contributed by atoms with van der Waals surface area (Å²) in [6, 6.07) is 10.5. The molecule has 2 rings (SSSR count). The molecule has 0 bridgehead atoms. The molecule has 0 aliphatic carbocycles. The van der Waals surface area contributed by atoms with E-state index in [1.807, 2.05) is 18.2 Å². The van der Waals surface area contributed by atoms with E-state index in [0.717, 1.165) is 11.1 Å². The Kier molecular flexibility index (Phi) is 6.21. The highest BCUT2D eigenvalue weighted by Gasteiger charge is 2.19. The van der Waals surface area contributed by atoms with Crippen molar-refractivity contribution in [1.82, 2.24) is 10.0 Å². The minimum atomic E-state index is -3.62. The Balaban J connectivity index is 2.14. The van der Waals surface area contributed by atoms with Gasteiger partial charge in [0.1, 0.15) is 0 Å². The van der Waals surface area contributed by atoms with Gasteiger partial charge in [0.25, 0.3) is 5.91 Å². The molecule has 7 heteroatoms. The minimum absolute atomic E-state index is 0.120. The Morgan fingerprint density at radius 3 is 2.52 bits per heavy atom. The minimum Gasteiger partial charge on any atom is -0.352 e. The van der Waals surface area contributed by atoms with Crippen molar-refractivity contribution in [2.24, 2.45) is 0 Å². The summed E-state index contributed by atoms with van der Waals surface area (Å²) in [6.07, 6.45) is 0.638. The molecule has 5 nitrogen and oxygen atoms in total. The van der Waals surface area contributed by atoms with Gasteiger partial charge in [-0.3, -0.25) is 4.79 Å². The molecule has 0 saturated carbocycles. The maximum atomic E-state index is 12.4. The predicted octanol–water partition coefficient (Wildman–Crippen LogP) is 2.84. The fourth-order valence-electron chi connectivity index (χ4n) is 2.46. The van der Waals surface area contributed by atoms with Gasteiger partial charge in [-0.15, -0.1) is 0 Å². The van der Waals surface area contributed by atoms with Gasteiger partial charge in [0.05, 0.1) is 4.90 Å². The van der Waals surface area contributed by atoms with E-state index in [9.17, 15) is 13.2 Å². The highest BCUT2D eigenvalue weighted by Crippen LogP contribution is 2.21. The lowest BCUT2D eigenvalue weighted by Gasteiger charge is -2.12. The van der Waals surface area contributed by atoms with Crippen LogP contribution in [0.25, 0.3) is 0 Å². The van der Waals surface area contributed by atoms with E-state index in [0.29, 0.717) is 29.1 Å². The summed E-state index contributed by atoms with van der Waals surface area (Å²) in [6.45, 7) is 3.94. The summed E-state index contributed by atoms with van der Waals surface area (Å²) in [5, 5.41) is 3.47. The van der Waals surface area contributed by atoms with Gasteiger partial charge < -0.3 is 5.32 Å². The van der Waals surface area contributed by atoms with Crippen molar-refractivity contribution < 1.29 is 13.2 Å². The quantitative estimate of drug-likeness (QED) is 0.809. The number of amides is 1. The maximum absolute atomic E-state index is 12.4. The molecule has 0 atom stereocenters. The highest BCUT2D eigenvalue weighted by atomic mass is 35.5. The van der Waals surface area contributed by atoms with E-state index in [2.05, 4.69) is 10.0 Å². The summed E-state index contributed by atoms with van der Waals surface area (Å²) < 4.78 is 26.5. The first kappa shape index (κ1) is 19.4. The average molecular weight is 381 g/mol. The monoisotopic (exact) mass is 380 g/mol. The number of rotatable bonds is 6. The van der Waals surface area contributed by atoms with Gasteiger partial charge in [0, 0.05) is 17.1 Å². The van der Waals surface area contributed by atoms with E-state index in [-0.39, 0.29) is 10.8 Å². The van der Waals surface area contributed by atoms with Gasteiger partial charge in [0.15, 0.2) is 0 Å². The van der Waals surface area contributed by atoms with Crippen molar-refractivity contribution in [3.63, 3.8) is 0 Å². The molecule has 2 N–H and O–H groups in total. The lowest BCUT2D eigenvalue weighted by Crippen LogP contribution is -2.27. The summed E-state index contributed by atoms with van der Waals surface area (Å²) in [5.41, 5.74) is 2.72. The molecule has 0 aromatic heterocycles. The van der Waals surface area contributed by atoms with Crippen molar-refractivity contribution in [2.45, 2.75) is 25.2 Å². The van der Waals surface area contributed by atoms with Crippen LogP contribution in [0.1, 0.15) is 27.0 Å². The second kappa shape index (κ2) is 7.99. The number of aryl methyl sites for hydroxylation is 1. The number of nitrogens with one attached hydrogen (secondary N) is 2. The molecule has 134 valence electrons. The maximum Gasteiger partial charge on any atom is 0.251 e. The zero-order valence-corrected chi connectivity index (χ0v) is 16.0. The number of hydrogen-bond acceptors (Lipinski definition) is 3. The van der Waals surface area contributed by atoms with E-state index in [1.54, 1.807) is 26.0 Å². The Labute approximate surface area is 153 Å². The molecule has 0 unspecified atom stereocenters. The number of halogens is 1. The predicted molar refractivity (Wildman–Crippen MR) is 99.7 cm³/mol. The first-order valence-corrected chi connectivity index (χ1v) is 9.68. The van der Waals surface area contributed by atoms with E-state index in [1.165, 1.54) is 13.1 Å². The fraction of sp³-hybridized carbons (Fsp3) is 0.278. The van der Waals surface area contributed by atoms with Crippen LogP contribution in [0, 0.1) is 13.8 Å². The fourth-order valence-corrected chi connectivity index (χ4v) is 3.74. The molecule has 2 aromatic carbocycles. The van der Waals surface area contributed by atoms with E-state index in [4.69, 9.17) is 11.6 Å². The van der Waals surface area contributed by atoms with Crippen LogP contribution in [0.2, 0.25) is 5.02 Å². The zero-order chi connectivity index (χ0) is 18.6. The molecule has 0 heterocycles. The molecule has 2 aromatic rings. The molecule has 0 spiro atoms. The average Bonchev–Trinajstić information content (AvgIpc) is 2.57. The summed E-state index contributed by atoms with van der Waals surface area (Å²) in [5.74, 6) is -0.308. The van der Waals surface area contributed by atoms with Crippen LogP contribution < -0.4 is 10.0 Å². The second-order valence-electron chi connectivity index (χ2n) is 5.76. The van der Waals surface area contributed by atoms with Crippen molar-refractivity contribution in [3.05, 3.63) is 63.7 Å². The van der Waals surface area contributed by atoms with Crippen molar-refractivity contribution in [2.75, 3.05) is 13.6 Å². The molecule has 25 heavy (non-hydrogen) atoms. The normalized spacial score (nSPS) is 11.4. The number of sulfonamides is 1. The Morgan fingerprint density at radius 2 is 1.88 bits per heavy atom. The molecule has 0 saturated heterocycles. The second-order valence-corrected chi connectivity index (χ2v) is 8.05. The number of benzene rings is 2. The van der Waals surface area contributed by atoms with E-state index >= 15 is 0 Å². The Morgan fingerprint density at radius 1 is 1.16 bits per heavy atom. The van der Waals surface area contributed by atoms with Crippen LogP contribution in [-0.4, -0.2) is 27.9 Å². The molecule has 0 aliphatic rings. The molecular weight excluding hydrogens is 360 g/mol. The number of carbonyl (C=O) groups is 1. The summed E-state index contributed by atoms with van der Waals surface area (Å²) >= 11 is 5.94. The highest BCUT2D eigenvalue weighted by molar-refractivity contribution is 7.89. The van der Waals surface area contributed by atoms with Gasteiger partial charge in [-0.05, 0) is 68.3 Å². The Bertz CT molecular complexity index is 895. The summed E-state index contributed by atoms with van der Waals surface area (Å²) in [7, 11) is -2.27. The van der Waals surface area contributed by atoms with Crippen LogP contribution in [-0.2, 0) is 16.4 Å². The lowest BCUT2D eigenvalue weighted by molar-refractivity contribution is 0.0954. The first-order chi connectivity index (χ1) is 11.7. The Hall–Kier alpha value is -1.89. The molecule has 0 fully saturated rings. The first-order valence-electron chi connectivity index (χ1n) is 7.82. The van der Waals surface area contributed by atoms with Crippen LogP contribution in [0.3, 0.4) is 0 Å². The largest absolute Gasteiger partial charge is 0.352 e. The molecule has 0 aliphatic heterocycles. The number of hydrogen-bond donors (Lipinski definition) is 2. The van der Waals surface area contributed by atoms with Crippen LogP contribution in [0.15, 0.2) is 41.3 Å². The molecule has 1 amide bonds. The van der Waals surface area contributed by atoms with Crippen molar-refractivity contribution >= 4 is 27.5 Å². The van der Waals surface area contributed by atoms with E-state index < -0.39 is 10.0 Å². The third-order valence-electron chi connectivity index (χ3n) is 4.03. The van der Waals surface area contributed by atoms with Crippen molar-refractivity contribution in [1.29, 1.82) is 0 Å². The van der Waals surface area contributed by atoms with Crippen LogP contribution >= 0.6 is 11.6 Å². The summed E-state index contributed by atoms with van der Waals surface area (Å²) in [4.78, 5) is 12.5.